The van der Waals surface area contributed by atoms with Gasteiger partial charge in [0.1, 0.15) is 5.82 Å². The van der Waals surface area contributed by atoms with Gasteiger partial charge in [-0.2, -0.15) is 4.31 Å². The van der Waals surface area contributed by atoms with E-state index in [-0.39, 0.29) is 0 Å². The topological polar surface area (TPSA) is 70.9 Å². The summed E-state index contributed by atoms with van der Waals surface area (Å²) in [5.41, 5.74) is 1.77. The highest BCUT2D eigenvalue weighted by Crippen LogP contribution is 2.26. The lowest BCUT2D eigenvalue weighted by Gasteiger charge is -2.37. The quantitative estimate of drug-likeness (QED) is 0.596. The fraction of sp³-hybridized carbons (Fsp3) is 0.720. The molecule has 1 aromatic heterocycles. The molecule has 0 atom stereocenters. The summed E-state index contributed by atoms with van der Waals surface area (Å²) in [4.78, 5) is 10.4. The van der Waals surface area contributed by atoms with Crippen LogP contribution in [0.5, 0.6) is 0 Å². The van der Waals surface area contributed by atoms with E-state index < -0.39 is 10.0 Å². The summed E-state index contributed by atoms with van der Waals surface area (Å²) in [6, 6.07) is 5.40. The Kier molecular flexibility index (Phi) is 7.55. The number of aryl methyl sites for hydroxylation is 1. The van der Waals surface area contributed by atoms with Crippen LogP contribution in [0.25, 0.3) is 11.0 Å². The van der Waals surface area contributed by atoms with Crippen LogP contribution >= 0.6 is 0 Å². The van der Waals surface area contributed by atoms with E-state index >= 15 is 0 Å². The highest BCUT2D eigenvalue weighted by Gasteiger charge is 2.28. The molecule has 2 aromatic rings. The SMILES string of the molecule is CCn1c(CN2CCN(CC3CCCCC3)CC2)nc2cc(S(=O)(=O)N3CCOCC3)ccc21. The van der Waals surface area contributed by atoms with Crippen molar-refractivity contribution in [2.24, 2.45) is 5.92 Å². The standard InChI is InChI=1S/C25H39N5O3S/c1-2-30-24-9-8-22(34(31,32)29-14-16-33-17-15-29)18-23(24)26-25(30)20-28-12-10-27(11-13-28)19-21-6-4-3-5-7-21/h8-9,18,21H,2-7,10-17,19-20H2,1H3. The van der Waals surface area contributed by atoms with Crippen LogP contribution in [-0.2, 0) is 27.8 Å². The summed E-state index contributed by atoms with van der Waals surface area (Å²) in [6.45, 7) is 11.1. The summed E-state index contributed by atoms with van der Waals surface area (Å²) >= 11 is 0. The molecule has 34 heavy (non-hydrogen) atoms. The third kappa shape index (κ3) is 5.18. The average Bonchev–Trinajstić information content (AvgIpc) is 3.22. The number of morpholine rings is 1. The van der Waals surface area contributed by atoms with Gasteiger partial charge in [-0.15, -0.1) is 0 Å². The maximum Gasteiger partial charge on any atom is 0.243 e. The monoisotopic (exact) mass is 489 g/mol. The van der Waals surface area contributed by atoms with Crippen molar-refractivity contribution in [2.45, 2.75) is 57.0 Å². The van der Waals surface area contributed by atoms with E-state index in [1.54, 1.807) is 12.1 Å². The van der Waals surface area contributed by atoms with Gasteiger partial charge in [0.2, 0.25) is 10.0 Å². The summed E-state index contributed by atoms with van der Waals surface area (Å²) in [5, 5.41) is 0. The second-order valence-corrected chi connectivity index (χ2v) is 12.0. The van der Waals surface area contributed by atoms with Gasteiger partial charge < -0.3 is 14.2 Å². The van der Waals surface area contributed by atoms with Crippen LogP contribution in [0.1, 0.15) is 44.9 Å². The van der Waals surface area contributed by atoms with E-state index in [4.69, 9.17) is 9.72 Å². The predicted molar refractivity (Wildman–Crippen MR) is 133 cm³/mol. The van der Waals surface area contributed by atoms with Crippen molar-refractivity contribution in [2.75, 3.05) is 59.0 Å². The maximum absolute atomic E-state index is 13.1. The first-order chi connectivity index (χ1) is 16.5. The fourth-order valence-electron chi connectivity index (χ4n) is 5.79. The number of imidazole rings is 1. The summed E-state index contributed by atoms with van der Waals surface area (Å²) < 4.78 is 35.3. The highest BCUT2D eigenvalue weighted by molar-refractivity contribution is 7.89. The van der Waals surface area contributed by atoms with Gasteiger partial charge in [-0.3, -0.25) is 4.90 Å². The van der Waals surface area contributed by atoms with Crippen LogP contribution in [0.15, 0.2) is 23.1 Å². The van der Waals surface area contributed by atoms with Crippen molar-refractivity contribution in [1.29, 1.82) is 0 Å². The van der Waals surface area contributed by atoms with Gasteiger partial charge in [0.25, 0.3) is 0 Å². The lowest BCUT2D eigenvalue weighted by atomic mass is 9.89. The molecule has 0 radical (unpaired) electrons. The number of rotatable bonds is 7. The molecular weight excluding hydrogens is 450 g/mol. The first-order valence-electron chi connectivity index (χ1n) is 13.1. The molecule has 5 rings (SSSR count). The number of nitrogens with zero attached hydrogens (tertiary/aromatic N) is 5. The second-order valence-electron chi connectivity index (χ2n) is 10.0. The zero-order chi connectivity index (χ0) is 23.5. The number of sulfonamides is 1. The smallest absolute Gasteiger partial charge is 0.243 e. The Labute approximate surface area is 203 Å². The van der Waals surface area contributed by atoms with Gasteiger partial charge in [-0.1, -0.05) is 19.3 Å². The fourth-order valence-corrected chi connectivity index (χ4v) is 7.22. The molecule has 3 fully saturated rings. The minimum atomic E-state index is -3.52. The van der Waals surface area contributed by atoms with Crippen molar-refractivity contribution in [1.82, 2.24) is 23.7 Å². The third-order valence-electron chi connectivity index (χ3n) is 7.79. The Bertz CT molecular complexity index is 1070. The highest BCUT2D eigenvalue weighted by atomic mass is 32.2. The zero-order valence-corrected chi connectivity index (χ0v) is 21.3. The van der Waals surface area contributed by atoms with Crippen LogP contribution in [-0.4, -0.2) is 91.1 Å². The van der Waals surface area contributed by atoms with Gasteiger partial charge in [-0.25, -0.2) is 13.4 Å². The van der Waals surface area contributed by atoms with E-state index in [9.17, 15) is 8.42 Å². The van der Waals surface area contributed by atoms with Gasteiger partial charge in [0.15, 0.2) is 0 Å². The third-order valence-corrected chi connectivity index (χ3v) is 9.69. The molecule has 8 nitrogen and oxygen atoms in total. The van der Waals surface area contributed by atoms with E-state index in [0.29, 0.717) is 31.2 Å². The number of benzene rings is 1. The zero-order valence-electron chi connectivity index (χ0n) is 20.5. The van der Waals surface area contributed by atoms with Crippen LogP contribution < -0.4 is 0 Å². The van der Waals surface area contributed by atoms with Crippen molar-refractivity contribution in [3.63, 3.8) is 0 Å². The van der Waals surface area contributed by atoms with Crippen LogP contribution in [0.4, 0.5) is 0 Å². The minimum absolute atomic E-state index is 0.325. The number of hydrogen-bond acceptors (Lipinski definition) is 6. The molecule has 2 saturated heterocycles. The van der Waals surface area contributed by atoms with Gasteiger partial charge in [-0.05, 0) is 43.9 Å². The number of aromatic nitrogens is 2. The number of piperazine rings is 1. The predicted octanol–water partition coefficient (Wildman–Crippen LogP) is 2.78. The molecule has 0 N–H and O–H groups in total. The normalized spacial score (nSPS) is 22.5. The summed E-state index contributed by atoms with van der Waals surface area (Å²) in [6.07, 6.45) is 7.05. The molecule has 3 aliphatic rings. The Morgan fingerprint density at radius 1 is 0.971 bits per heavy atom. The second kappa shape index (κ2) is 10.6. The molecule has 3 heterocycles. The number of hydrogen-bond donors (Lipinski definition) is 0. The van der Waals surface area contributed by atoms with Gasteiger partial charge in [0, 0.05) is 52.4 Å². The molecule has 1 aliphatic carbocycles. The lowest BCUT2D eigenvalue weighted by molar-refractivity contribution is 0.0730. The van der Waals surface area contributed by atoms with Gasteiger partial charge in [0.05, 0.1) is 35.7 Å². The molecule has 0 spiro atoms. The van der Waals surface area contributed by atoms with Crippen LogP contribution in [0, 0.1) is 5.92 Å². The Morgan fingerprint density at radius 2 is 1.68 bits per heavy atom. The Balaban J connectivity index is 1.26. The van der Waals surface area contributed by atoms with Crippen LogP contribution in [0.3, 0.4) is 0 Å². The van der Waals surface area contributed by atoms with Crippen molar-refractivity contribution >= 4 is 21.1 Å². The number of fused-ring (bicyclic) bond motifs is 1. The van der Waals surface area contributed by atoms with Crippen molar-refractivity contribution in [3.8, 4) is 0 Å². The molecular formula is C25H39N5O3S. The molecule has 0 amide bonds. The molecule has 188 valence electrons. The van der Waals surface area contributed by atoms with Crippen molar-refractivity contribution in [3.05, 3.63) is 24.0 Å². The summed E-state index contributed by atoms with van der Waals surface area (Å²) in [7, 11) is -3.52. The number of ether oxygens (including phenoxy) is 1. The molecule has 0 unspecified atom stereocenters. The minimum Gasteiger partial charge on any atom is -0.379 e. The molecule has 0 bridgehead atoms. The van der Waals surface area contributed by atoms with E-state index in [0.717, 1.165) is 62.0 Å². The van der Waals surface area contributed by atoms with Crippen molar-refractivity contribution < 1.29 is 13.2 Å². The molecule has 1 saturated carbocycles. The van der Waals surface area contributed by atoms with Gasteiger partial charge >= 0.3 is 0 Å². The van der Waals surface area contributed by atoms with E-state index in [1.165, 1.54) is 43.0 Å². The van der Waals surface area contributed by atoms with E-state index in [1.807, 2.05) is 6.07 Å². The average molecular weight is 490 g/mol. The maximum atomic E-state index is 13.1. The molecule has 1 aromatic carbocycles. The Hall–Kier alpha value is -1.52. The molecule has 9 heteroatoms. The largest absolute Gasteiger partial charge is 0.379 e. The first kappa shape index (κ1) is 24.2. The summed E-state index contributed by atoms with van der Waals surface area (Å²) in [5.74, 6) is 1.92. The Morgan fingerprint density at radius 3 is 2.38 bits per heavy atom. The lowest BCUT2D eigenvalue weighted by Crippen LogP contribution is -2.47. The molecule has 2 aliphatic heterocycles. The first-order valence-corrected chi connectivity index (χ1v) is 14.5. The van der Waals surface area contributed by atoms with Crippen LogP contribution in [0.2, 0.25) is 0 Å². The van der Waals surface area contributed by atoms with E-state index in [2.05, 4.69) is 21.3 Å².